The summed E-state index contributed by atoms with van der Waals surface area (Å²) >= 11 is 0. The Morgan fingerprint density at radius 3 is 2.27 bits per heavy atom. The highest BCUT2D eigenvalue weighted by atomic mass is 14.6. The monoisotopic (exact) mass is 155 g/mol. The molecule has 0 aromatic carbocycles. The summed E-state index contributed by atoms with van der Waals surface area (Å²) in [5, 5.41) is 0. The molecule has 1 nitrogen and oxygen atoms in total. The van der Waals surface area contributed by atoms with Crippen molar-refractivity contribution in [1.82, 2.24) is 0 Å². The summed E-state index contributed by atoms with van der Waals surface area (Å²) in [7, 11) is 0. The average molecular weight is 155 g/mol. The predicted molar refractivity (Wildman–Crippen MR) is 49.3 cm³/mol. The number of rotatable bonds is 1. The van der Waals surface area contributed by atoms with E-state index in [2.05, 4.69) is 20.8 Å². The van der Waals surface area contributed by atoms with Gasteiger partial charge in [-0.2, -0.15) is 0 Å². The van der Waals surface area contributed by atoms with Gasteiger partial charge in [0.05, 0.1) is 0 Å². The molecule has 0 aromatic heterocycles. The van der Waals surface area contributed by atoms with E-state index in [0.717, 1.165) is 17.8 Å². The Morgan fingerprint density at radius 2 is 1.82 bits per heavy atom. The van der Waals surface area contributed by atoms with Crippen molar-refractivity contribution < 1.29 is 0 Å². The quantitative estimate of drug-likeness (QED) is 0.618. The van der Waals surface area contributed by atoms with Gasteiger partial charge in [0.2, 0.25) is 0 Å². The maximum absolute atomic E-state index is 5.95. The van der Waals surface area contributed by atoms with Crippen LogP contribution in [0.15, 0.2) is 0 Å². The number of hydrogen-bond acceptors (Lipinski definition) is 1. The molecule has 2 N–H and O–H groups in total. The predicted octanol–water partition coefficient (Wildman–Crippen LogP) is 2.41. The lowest BCUT2D eigenvalue weighted by atomic mass is 9.75. The van der Waals surface area contributed by atoms with Gasteiger partial charge in [0, 0.05) is 6.04 Å². The van der Waals surface area contributed by atoms with E-state index in [1.165, 1.54) is 19.3 Å². The lowest BCUT2D eigenvalue weighted by Crippen LogP contribution is -2.33. The average Bonchev–Trinajstić information content (AvgIpc) is 1.85. The molecule has 1 rings (SSSR count). The molecule has 66 valence electrons. The van der Waals surface area contributed by atoms with Crippen LogP contribution < -0.4 is 5.73 Å². The first-order chi connectivity index (χ1) is 5.09. The van der Waals surface area contributed by atoms with Gasteiger partial charge in [-0.05, 0) is 37.0 Å². The van der Waals surface area contributed by atoms with E-state index in [-0.39, 0.29) is 0 Å². The van der Waals surface area contributed by atoms with Gasteiger partial charge in [-0.25, -0.2) is 0 Å². The molecule has 1 aliphatic rings. The third-order valence-electron chi connectivity index (χ3n) is 2.96. The van der Waals surface area contributed by atoms with Gasteiger partial charge in [0.1, 0.15) is 0 Å². The molecule has 0 saturated heterocycles. The fraction of sp³-hybridized carbons (Fsp3) is 1.00. The summed E-state index contributed by atoms with van der Waals surface area (Å²) in [6.07, 6.45) is 3.89. The molecule has 1 unspecified atom stereocenters. The highest BCUT2D eigenvalue weighted by Gasteiger charge is 2.25. The topological polar surface area (TPSA) is 26.0 Å². The SMILES string of the molecule is CC1C[C@H](N)C[C@@H](C(C)C)C1. The third-order valence-corrected chi connectivity index (χ3v) is 2.96. The highest BCUT2D eigenvalue weighted by Crippen LogP contribution is 2.32. The molecule has 0 spiro atoms. The van der Waals surface area contributed by atoms with Crippen molar-refractivity contribution in [2.75, 3.05) is 0 Å². The molecule has 1 heteroatoms. The fourth-order valence-electron chi connectivity index (χ4n) is 2.26. The lowest BCUT2D eigenvalue weighted by Gasteiger charge is -2.33. The van der Waals surface area contributed by atoms with Crippen LogP contribution in [0.2, 0.25) is 0 Å². The molecule has 0 heterocycles. The normalized spacial score (nSPS) is 39.5. The van der Waals surface area contributed by atoms with E-state index in [1.54, 1.807) is 0 Å². The van der Waals surface area contributed by atoms with Crippen LogP contribution in [-0.2, 0) is 0 Å². The second kappa shape index (κ2) is 3.57. The van der Waals surface area contributed by atoms with E-state index in [9.17, 15) is 0 Å². The fourth-order valence-corrected chi connectivity index (χ4v) is 2.26. The third kappa shape index (κ3) is 2.48. The standard InChI is InChI=1S/C10H21N/c1-7(2)9-4-8(3)5-10(11)6-9/h7-10H,4-6,11H2,1-3H3/t8?,9-,10-/m0/s1. The first-order valence-corrected chi connectivity index (χ1v) is 4.85. The van der Waals surface area contributed by atoms with E-state index in [0.29, 0.717) is 6.04 Å². The first kappa shape index (κ1) is 9.05. The van der Waals surface area contributed by atoms with Crippen molar-refractivity contribution >= 4 is 0 Å². The van der Waals surface area contributed by atoms with Crippen LogP contribution >= 0.6 is 0 Å². The summed E-state index contributed by atoms with van der Waals surface area (Å²) in [5.74, 6) is 2.56. The van der Waals surface area contributed by atoms with Crippen molar-refractivity contribution in [3.63, 3.8) is 0 Å². The van der Waals surface area contributed by atoms with Crippen molar-refractivity contribution in [3.05, 3.63) is 0 Å². The van der Waals surface area contributed by atoms with Gasteiger partial charge in [-0.1, -0.05) is 20.8 Å². The second-order valence-corrected chi connectivity index (χ2v) is 4.58. The van der Waals surface area contributed by atoms with Crippen molar-refractivity contribution in [1.29, 1.82) is 0 Å². The summed E-state index contributed by atoms with van der Waals surface area (Å²) in [4.78, 5) is 0. The van der Waals surface area contributed by atoms with Gasteiger partial charge < -0.3 is 5.73 Å². The van der Waals surface area contributed by atoms with Gasteiger partial charge in [-0.3, -0.25) is 0 Å². The molecular formula is C10H21N. The van der Waals surface area contributed by atoms with E-state index in [1.807, 2.05) is 0 Å². The van der Waals surface area contributed by atoms with Crippen LogP contribution in [0.25, 0.3) is 0 Å². The maximum Gasteiger partial charge on any atom is 0.00441 e. The van der Waals surface area contributed by atoms with Crippen molar-refractivity contribution in [3.8, 4) is 0 Å². The first-order valence-electron chi connectivity index (χ1n) is 4.85. The van der Waals surface area contributed by atoms with Crippen LogP contribution in [0.1, 0.15) is 40.0 Å². The van der Waals surface area contributed by atoms with Crippen LogP contribution in [-0.4, -0.2) is 6.04 Å². The molecule has 11 heavy (non-hydrogen) atoms. The largest absolute Gasteiger partial charge is 0.328 e. The summed E-state index contributed by atoms with van der Waals surface area (Å²) in [5.41, 5.74) is 5.95. The minimum atomic E-state index is 0.478. The Balaban J connectivity index is 2.43. The van der Waals surface area contributed by atoms with Gasteiger partial charge in [-0.15, -0.1) is 0 Å². The molecule has 0 bridgehead atoms. The Kier molecular flexibility index (Phi) is 2.94. The van der Waals surface area contributed by atoms with Gasteiger partial charge in [0.15, 0.2) is 0 Å². The Morgan fingerprint density at radius 1 is 1.18 bits per heavy atom. The van der Waals surface area contributed by atoms with E-state index in [4.69, 9.17) is 5.73 Å². The van der Waals surface area contributed by atoms with Crippen LogP contribution in [0.4, 0.5) is 0 Å². The summed E-state index contributed by atoms with van der Waals surface area (Å²) in [6, 6.07) is 0.478. The smallest absolute Gasteiger partial charge is 0.00441 e. The molecular weight excluding hydrogens is 134 g/mol. The summed E-state index contributed by atoms with van der Waals surface area (Å²) < 4.78 is 0. The number of hydrogen-bond donors (Lipinski definition) is 1. The zero-order chi connectivity index (χ0) is 8.43. The van der Waals surface area contributed by atoms with Crippen LogP contribution in [0.3, 0.4) is 0 Å². The Hall–Kier alpha value is -0.0400. The molecule has 0 amide bonds. The van der Waals surface area contributed by atoms with E-state index < -0.39 is 0 Å². The Labute approximate surface area is 70.4 Å². The maximum atomic E-state index is 5.95. The second-order valence-electron chi connectivity index (χ2n) is 4.58. The molecule has 0 aliphatic heterocycles. The van der Waals surface area contributed by atoms with Crippen LogP contribution in [0.5, 0.6) is 0 Å². The van der Waals surface area contributed by atoms with Gasteiger partial charge in [0.25, 0.3) is 0 Å². The minimum Gasteiger partial charge on any atom is -0.328 e. The molecule has 1 saturated carbocycles. The molecule has 1 aliphatic carbocycles. The molecule has 1 fully saturated rings. The summed E-state index contributed by atoms with van der Waals surface area (Å²) in [6.45, 7) is 6.96. The highest BCUT2D eigenvalue weighted by molar-refractivity contribution is 4.80. The molecule has 0 radical (unpaired) electrons. The molecule has 0 aromatic rings. The Bertz CT molecular complexity index is 110. The lowest BCUT2D eigenvalue weighted by molar-refractivity contribution is 0.204. The van der Waals surface area contributed by atoms with Crippen molar-refractivity contribution in [2.45, 2.75) is 46.1 Å². The molecule has 3 atom stereocenters. The van der Waals surface area contributed by atoms with Crippen LogP contribution in [0, 0.1) is 17.8 Å². The van der Waals surface area contributed by atoms with E-state index >= 15 is 0 Å². The van der Waals surface area contributed by atoms with Crippen molar-refractivity contribution in [2.24, 2.45) is 23.5 Å². The van der Waals surface area contributed by atoms with Gasteiger partial charge >= 0.3 is 0 Å². The zero-order valence-corrected chi connectivity index (χ0v) is 8.01. The zero-order valence-electron chi connectivity index (χ0n) is 8.01. The minimum absolute atomic E-state index is 0.478. The number of nitrogens with two attached hydrogens (primary N) is 1.